The standard InChI is InChI=1S/C17H23N5S/c1-18-17(20-10-14-8-5-9-23-14)21-12-16-19-11-15(22-16)13-6-3-2-4-7-13/h2-4,6-7,11,14H,5,8-10,12H2,1H3,(H,19,22)(H2,18,20,21). The maximum absolute atomic E-state index is 4.43. The Morgan fingerprint density at radius 3 is 2.96 bits per heavy atom. The van der Waals surface area contributed by atoms with E-state index in [0.717, 1.165) is 29.6 Å². The lowest BCUT2D eigenvalue weighted by Gasteiger charge is -2.14. The van der Waals surface area contributed by atoms with Crippen LogP contribution in [0.1, 0.15) is 18.7 Å². The van der Waals surface area contributed by atoms with Gasteiger partial charge in [-0.1, -0.05) is 30.3 Å². The Hall–Kier alpha value is -1.95. The number of hydrogen-bond donors (Lipinski definition) is 3. The first-order valence-electron chi connectivity index (χ1n) is 8.00. The minimum Gasteiger partial charge on any atom is -0.355 e. The van der Waals surface area contributed by atoms with Gasteiger partial charge >= 0.3 is 0 Å². The molecule has 2 heterocycles. The van der Waals surface area contributed by atoms with Crippen LogP contribution in [0.2, 0.25) is 0 Å². The molecule has 5 nitrogen and oxygen atoms in total. The van der Waals surface area contributed by atoms with Crippen LogP contribution in [0.25, 0.3) is 11.3 Å². The van der Waals surface area contributed by atoms with Gasteiger partial charge < -0.3 is 15.6 Å². The van der Waals surface area contributed by atoms with Gasteiger partial charge in [0, 0.05) is 18.8 Å². The molecule has 1 aromatic carbocycles. The quantitative estimate of drug-likeness (QED) is 0.583. The molecular formula is C17H23N5S. The van der Waals surface area contributed by atoms with E-state index in [2.05, 4.69) is 37.7 Å². The first-order chi connectivity index (χ1) is 11.3. The van der Waals surface area contributed by atoms with Crippen molar-refractivity contribution in [2.75, 3.05) is 19.3 Å². The molecular weight excluding hydrogens is 306 g/mol. The lowest BCUT2D eigenvalue weighted by molar-refractivity contribution is 0.720. The molecule has 1 unspecified atom stereocenters. The third-order valence-electron chi connectivity index (χ3n) is 3.88. The summed E-state index contributed by atoms with van der Waals surface area (Å²) >= 11 is 2.05. The monoisotopic (exact) mass is 329 g/mol. The van der Waals surface area contributed by atoms with Crippen molar-refractivity contribution in [1.29, 1.82) is 0 Å². The van der Waals surface area contributed by atoms with E-state index in [1.165, 1.54) is 18.6 Å². The summed E-state index contributed by atoms with van der Waals surface area (Å²) in [6.45, 7) is 1.60. The van der Waals surface area contributed by atoms with Crippen LogP contribution in [0.3, 0.4) is 0 Å². The van der Waals surface area contributed by atoms with E-state index in [0.29, 0.717) is 11.8 Å². The number of benzene rings is 1. The summed E-state index contributed by atoms with van der Waals surface area (Å²) in [6, 6.07) is 10.2. The van der Waals surface area contributed by atoms with Crippen LogP contribution in [0.15, 0.2) is 41.5 Å². The Bertz CT molecular complexity index is 631. The number of H-pyrrole nitrogens is 1. The maximum Gasteiger partial charge on any atom is 0.191 e. The number of aromatic nitrogens is 2. The lowest BCUT2D eigenvalue weighted by Crippen LogP contribution is -2.39. The van der Waals surface area contributed by atoms with Crippen molar-refractivity contribution < 1.29 is 0 Å². The van der Waals surface area contributed by atoms with Gasteiger partial charge in [0.05, 0.1) is 18.4 Å². The molecule has 0 radical (unpaired) electrons. The van der Waals surface area contributed by atoms with Crippen molar-refractivity contribution in [3.63, 3.8) is 0 Å². The number of aromatic amines is 1. The molecule has 3 N–H and O–H groups in total. The number of guanidine groups is 1. The number of nitrogens with one attached hydrogen (secondary N) is 3. The minimum atomic E-state index is 0.629. The first-order valence-corrected chi connectivity index (χ1v) is 9.05. The normalized spacial score (nSPS) is 18.1. The minimum absolute atomic E-state index is 0.629. The van der Waals surface area contributed by atoms with Gasteiger partial charge in [0.1, 0.15) is 5.82 Å². The summed E-state index contributed by atoms with van der Waals surface area (Å²) in [5.41, 5.74) is 2.18. The van der Waals surface area contributed by atoms with Crippen molar-refractivity contribution in [1.82, 2.24) is 20.6 Å². The Balaban J connectivity index is 1.50. The molecule has 23 heavy (non-hydrogen) atoms. The molecule has 1 saturated heterocycles. The molecule has 3 rings (SSSR count). The second kappa shape index (κ2) is 8.06. The summed E-state index contributed by atoms with van der Waals surface area (Å²) in [5.74, 6) is 3.02. The van der Waals surface area contributed by atoms with Crippen LogP contribution in [0.5, 0.6) is 0 Å². The zero-order valence-electron chi connectivity index (χ0n) is 13.4. The van der Waals surface area contributed by atoms with E-state index >= 15 is 0 Å². The number of imidazole rings is 1. The van der Waals surface area contributed by atoms with Crippen LogP contribution >= 0.6 is 11.8 Å². The van der Waals surface area contributed by atoms with Crippen molar-refractivity contribution in [3.05, 3.63) is 42.4 Å². The number of aliphatic imine (C=N–C) groups is 1. The highest BCUT2D eigenvalue weighted by Gasteiger charge is 2.15. The second-order valence-corrected chi connectivity index (χ2v) is 6.96. The van der Waals surface area contributed by atoms with E-state index in [-0.39, 0.29) is 0 Å². The third kappa shape index (κ3) is 4.51. The summed E-state index contributed by atoms with van der Waals surface area (Å²) in [6.07, 6.45) is 4.50. The fourth-order valence-corrected chi connectivity index (χ4v) is 3.82. The smallest absolute Gasteiger partial charge is 0.191 e. The van der Waals surface area contributed by atoms with Gasteiger partial charge in [-0.15, -0.1) is 0 Å². The molecule has 122 valence electrons. The Kier molecular flexibility index (Phi) is 5.58. The molecule has 6 heteroatoms. The van der Waals surface area contributed by atoms with Gasteiger partial charge in [-0.25, -0.2) is 4.98 Å². The van der Waals surface area contributed by atoms with Gasteiger partial charge in [0.25, 0.3) is 0 Å². The summed E-state index contributed by atoms with van der Waals surface area (Å²) in [5, 5.41) is 7.42. The highest BCUT2D eigenvalue weighted by molar-refractivity contribution is 8.00. The number of thioether (sulfide) groups is 1. The predicted octanol–water partition coefficient (Wildman–Crippen LogP) is 2.64. The topological polar surface area (TPSA) is 65.1 Å². The summed E-state index contributed by atoms with van der Waals surface area (Å²) in [4.78, 5) is 12.0. The Morgan fingerprint density at radius 2 is 2.22 bits per heavy atom. The van der Waals surface area contributed by atoms with Crippen LogP contribution in [-0.4, -0.2) is 40.5 Å². The molecule has 1 aliphatic heterocycles. The molecule has 0 aliphatic carbocycles. The predicted molar refractivity (Wildman–Crippen MR) is 97.7 cm³/mol. The fraction of sp³-hybridized carbons (Fsp3) is 0.412. The average Bonchev–Trinajstić information content (AvgIpc) is 3.27. The summed E-state index contributed by atoms with van der Waals surface area (Å²) in [7, 11) is 1.80. The van der Waals surface area contributed by atoms with Gasteiger partial charge in [0.15, 0.2) is 5.96 Å². The third-order valence-corrected chi connectivity index (χ3v) is 5.28. The highest BCUT2D eigenvalue weighted by atomic mass is 32.2. The van der Waals surface area contributed by atoms with Gasteiger partial charge in [-0.05, 0) is 24.2 Å². The average molecular weight is 329 g/mol. The zero-order chi connectivity index (χ0) is 15.9. The highest BCUT2D eigenvalue weighted by Crippen LogP contribution is 2.25. The summed E-state index contributed by atoms with van der Waals surface area (Å²) < 4.78 is 0. The Labute approximate surface area is 141 Å². The molecule has 0 saturated carbocycles. The largest absolute Gasteiger partial charge is 0.355 e. The van der Waals surface area contributed by atoms with Crippen molar-refractivity contribution >= 4 is 17.7 Å². The molecule has 1 fully saturated rings. The molecule has 0 bridgehead atoms. The second-order valence-electron chi connectivity index (χ2n) is 5.55. The van der Waals surface area contributed by atoms with Gasteiger partial charge in [0.2, 0.25) is 0 Å². The first kappa shape index (κ1) is 15.9. The molecule has 2 aromatic rings. The molecule has 0 amide bonds. The van der Waals surface area contributed by atoms with Crippen LogP contribution in [0.4, 0.5) is 0 Å². The molecule has 1 aromatic heterocycles. The Morgan fingerprint density at radius 1 is 1.35 bits per heavy atom. The number of nitrogens with zero attached hydrogens (tertiary/aromatic N) is 2. The van der Waals surface area contributed by atoms with E-state index < -0.39 is 0 Å². The molecule has 0 spiro atoms. The van der Waals surface area contributed by atoms with E-state index in [1.54, 1.807) is 7.05 Å². The van der Waals surface area contributed by atoms with E-state index in [9.17, 15) is 0 Å². The zero-order valence-corrected chi connectivity index (χ0v) is 14.2. The van der Waals surface area contributed by atoms with Crippen molar-refractivity contribution in [2.45, 2.75) is 24.6 Å². The van der Waals surface area contributed by atoms with Crippen LogP contribution in [0, 0.1) is 0 Å². The van der Waals surface area contributed by atoms with E-state index in [4.69, 9.17) is 0 Å². The number of hydrogen-bond acceptors (Lipinski definition) is 3. The van der Waals surface area contributed by atoms with Crippen LogP contribution in [-0.2, 0) is 6.54 Å². The number of rotatable bonds is 5. The van der Waals surface area contributed by atoms with Gasteiger partial charge in [-0.2, -0.15) is 11.8 Å². The van der Waals surface area contributed by atoms with Crippen molar-refractivity contribution in [2.24, 2.45) is 4.99 Å². The van der Waals surface area contributed by atoms with Gasteiger partial charge in [-0.3, -0.25) is 4.99 Å². The van der Waals surface area contributed by atoms with Crippen molar-refractivity contribution in [3.8, 4) is 11.3 Å². The maximum atomic E-state index is 4.43. The lowest BCUT2D eigenvalue weighted by atomic mass is 10.2. The SMILES string of the molecule is CN=C(NCc1ncc(-c2ccccc2)[nH]1)NCC1CCCS1. The van der Waals surface area contributed by atoms with Crippen LogP contribution < -0.4 is 10.6 Å². The molecule has 1 atom stereocenters. The van der Waals surface area contributed by atoms with E-state index in [1.807, 2.05) is 36.2 Å². The molecule has 1 aliphatic rings. The fourth-order valence-electron chi connectivity index (χ4n) is 2.62.